The topological polar surface area (TPSA) is 99.0 Å². The number of nitrogens with one attached hydrogen (secondary N) is 1. The first-order chi connectivity index (χ1) is 10.7. The van der Waals surface area contributed by atoms with Crippen LogP contribution in [-0.2, 0) is 4.74 Å². The summed E-state index contributed by atoms with van der Waals surface area (Å²) >= 11 is 1.20. The van der Waals surface area contributed by atoms with Crippen molar-refractivity contribution in [3.8, 4) is 5.13 Å². The summed E-state index contributed by atoms with van der Waals surface area (Å²) in [5, 5.41) is 7.29. The van der Waals surface area contributed by atoms with Gasteiger partial charge >= 0.3 is 6.09 Å². The lowest BCUT2D eigenvalue weighted by molar-refractivity contribution is 0.112. The third-order valence-electron chi connectivity index (χ3n) is 2.84. The number of thiazole rings is 1. The highest BCUT2D eigenvalue weighted by Crippen LogP contribution is 2.19. The van der Waals surface area contributed by atoms with Gasteiger partial charge in [-0.3, -0.25) is 4.79 Å². The minimum absolute atomic E-state index is 0.386. The number of carbonyl (C=O) groups is 2. The van der Waals surface area contributed by atoms with E-state index in [-0.39, 0.29) is 0 Å². The maximum atomic E-state index is 11.7. The highest BCUT2D eigenvalue weighted by Gasteiger charge is 2.19. The Balaban J connectivity index is 2.04. The average Bonchev–Trinajstić information content (AvgIpc) is 3.15. The molecule has 0 saturated heterocycles. The average molecular weight is 323 g/mol. The molecule has 2 aromatic heterocycles. The summed E-state index contributed by atoms with van der Waals surface area (Å²) in [6.45, 7) is 4.18. The first kappa shape index (κ1) is 16.1. The smallest absolute Gasteiger partial charge is 0.407 e. The van der Waals surface area contributed by atoms with Crippen LogP contribution < -0.4 is 5.32 Å². The molecule has 0 aliphatic rings. The molecular weight excluding hydrogens is 306 g/mol. The van der Waals surface area contributed by atoms with Crippen molar-refractivity contribution in [2.45, 2.75) is 32.7 Å². The molecule has 0 aromatic carbocycles. The number of aromatic nitrogens is 4. The molecule has 8 nitrogen and oxygen atoms in total. The lowest BCUT2D eigenvalue weighted by Gasteiger charge is -2.13. The summed E-state index contributed by atoms with van der Waals surface area (Å²) in [6, 6.07) is -0.403. The van der Waals surface area contributed by atoms with E-state index < -0.39 is 12.1 Å². The molecule has 0 radical (unpaired) electrons. The molecule has 22 heavy (non-hydrogen) atoms. The fourth-order valence-corrected chi connectivity index (χ4v) is 2.41. The van der Waals surface area contributed by atoms with E-state index in [9.17, 15) is 9.59 Å². The highest BCUT2D eigenvalue weighted by atomic mass is 32.1. The molecule has 0 unspecified atom stereocenters. The number of unbranched alkanes of at least 4 members (excludes halogenated alkanes) is 1. The van der Waals surface area contributed by atoms with Crippen LogP contribution >= 0.6 is 11.3 Å². The largest absolute Gasteiger partial charge is 0.450 e. The second-order valence-corrected chi connectivity index (χ2v) is 5.59. The van der Waals surface area contributed by atoms with Gasteiger partial charge < -0.3 is 10.1 Å². The van der Waals surface area contributed by atoms with E-state index in [1.165, 1.54) is 28.5 Å². The lowest BCUT2D eigenvalue weighted by Crippen LogP contribution is -2.29. The quantitative estimate of drug-likeness (QED) is 0.619. The molecule has 0 aliphatic heterocycles. The molecule has 0 spiro atoms. The summed E-state index contributed by atoms with van der Waals surface area (Å²) in [4.78, 5) is 31.2. The molecule has 0 bridgehead atoms. The Morgan fingerprint density at radius 3 is 3.05 bits per heavy atom. The molecule has 118 valence electrons. The van der Waals surface area contributed by atoms with Gasteiger partial charge in [0.25, 0.3) is 0 Å². The zero-order valence-electron chi connectivity index (χ0n) is 12.4. The summed E-state index contributed by atoms with van der Waals surface area (Å²) in [7, 11) is 0. The number of ether oxygens (including phenoxy) is 1. The van der Waals surface area contributed by atoms with Gasteiger partial charge in [0.15, 0.2) is 12.1 Å². The Morgan fingerprint density at radius 1 is 1.55 bits per heavy atom. The molecule has 1 amide bonds. The zero-order chi connectivity index (χ0) is 15.9. The molecule has 2 rings (SSSR count). The van der Waals surface area contributed by atoms with Gasteiger partial charge in [0.1, 0.15) is 6.33 Å². The van der Waals surface area contributed by atoms with Crippen molar-refractivity contribution in [2.75, 3.05) is 6.61 Å². The predicted molar refractivity (Wildman–Crippen MR) is 80.2 cm³/mol. The maximum Gasteiger partial charge on any atom is 0.407 e. The number of rotatable bonds is 7. The summed E-state index contributed by atoms with van der Waals surface area (Å²) in [5.74, 6) is 0.513. The first-order valence-corrected chi connectivity index (χ1v) is 7.72. The van der Waals surface area contributed by atoms with E-state index in [0.29, 0.717) is 22.4 Å². The zero-order valence-corrected chi connectivity index (χ0v) is 13.2. The maximum absolute atomic E-state index is 11.7. The van der Waals surface area contributed by atoms with Crippen molar-refractivity contribution in [3.63, 3.8) is 0 Å². The molecule has 0 fully saturated rings. The Bertz CT molecular complexity index is 639. The molecule has 1 atom stereocenters. The van der Waals surface area contributed by atoms with Gasteiger partial charge in [0.2, 0.25) is 5.13 Å². The van der Waals surface area contributed by atoms with Crippen LogP contribution in [0.5, 0.6) is 0 Å². The monoisotopic (exact) mass is 323 g/mol. The number of alkyl carbamates (subject to hydrolysis) is 1. The number of amides is 1. The molecule has 0 saturated carbocycles. The number of nitrogens with zero attached hydrogens (tertiary/aromatic N) is 4. The predicted octanol–water partition coefficient (Wildman–Crippen LogP) is 2.12. The summed E-state index contributed by atoms with van der Waals surface area (Å²) in [6.07, 6.45) is 4.85. The van der Waals surface area contributed by atoms with Crippen LogP contribution in [0.15, 0.2) is 12.5 Å². The Labute approximate surface area is 131 Å². The van der Waals surface area contributed by atoms with Gasteiger partial charge in [-0.25, -0.2) is 14.8 Å². The van der Waals surface area contributed by atoms with Crippen LogP contribution in [-0.4, -0.2) is 38.7 Å². The third-order valence-corrected chi connectivity index (χ3v) is 3.73. The fourth-order valence-electron chi connectivity index (χ4n) is 1.71. The van der Waals surface area contributed by atoms with Crippen LogP contribution in [0.4, 0.5) is 4.79 Å². The van der Waals surface area contributed by atoms with Crippen molar-refractivity contribution < 1.29 is 14.3 Å². The van der Waals surface area contributed by atoms with E-state index in [2.05, 4.69) is 20.4 Å². The van der Waals surface area contributed by atoms with Crippen LogP contribution in [0.25, 0.3) is 5.13 Å². The highest BCUT2D eigenvalue weighted by molar-refractivity contribution is 7.15. The molecule has 2 heterocycles. The van der Waals surface area contributed by atoms with E-state index in [1.807, 2.05) is 6.92 Å². The number of hydrogen-bond donors (Lipinski definition) is 1. The number of aldehydes is 1. The fraction of sp³-hybridized carbons (Fsp3) is 0.462. The molecule has 1 N–H and O–H groups in total. The van der Waals surface area contributed by atoms with Gasteiger partial charge in [-0.2, -0.15) is 9.78 Å². The molecule has 0 aliphatic carbocycles. The molecule has 9 heteroatoms. The van der Waals surface area contributed by atoms with Crippen molar-refractivity contribution >= 4 is 23.7 Å². The Kier molecular flexibility index (Phi) is 5.59. The summed E-state index contributed by atoms with van der Waals surface area (Å²) in [5.41, 5.74) is 0. The lowest BCUT2D eigenvalue weighted by atomic mass is 10.3. The van der Waals surface area contributed by atoms with E-state index in [1.54, 1.807) is 6.92 Å². The standard InChI is InChI=1S/C13H17N5O3S/c1-3-4-5-21-13(20)17-9(2)11-15-8-16-18(11)12-14-6-10(7-19)22-12/h6-9H,3-5H2,1-2H3,(H,17,20)/t9-/m0/s1. The van der Waals surface area contributed by atoms with Gasteiger partial charge in [-0.05, 0) is 13.3 Å². The second-order valence-electron chi connectivity index (χ2n) is 4.55. The minimum atomic E-state index is -0.497. The second kappa shape index (κ2) is 7.64. The van der Waals surface area contributed by atoms with Crippen LogP contribution in [0.2, 0.25) is 0 Å². The molecule has 2 aromatic rings. The molecular formula is C13H17N5O3S. The summed E-state index contributed by atoms with van der Waals surface area (Å²) < 4.78 is 6.55. The van der Waals surface area contributed by atoms with Gasteiger partial charge in [-0.15, -0.1) is 0 Å². The SMILES string of the molecule is CCCCOC(=O)N[C@@H](C)c1ncnn1-c1ncc(C=O)s1. The van der Waals surface area contributed by atoms with Crippen molar-refractivity contribution in [1.82, 2.24) is 25.1 Å². The normalized spacial score (nSPS) is 11.9. The van der Waals surface area contributed by atoms with Crippen molar-refractivity contribution in [1.29, 1.82) is 0 Å². The Morgan fingerprint density at radius 2 is 2.36 bits per heavy atom. The van der Waals surface area contributed by atoms with Crippen LogP contribution in [0, 0.1) is 0 Å². The minimum Gasteiger partial charge on any atom is -0.450 e. The Hall–Kier alpha value is -2.29. The van der Waals surface area contributed by atoms with Crippen molar-refractivity contribution in [3.05, 3.63) is 23.2 Å². The van der Waals surface area contributed by atoms with Crippen LogP contribution in [0.3, 0.4) is 0 Å². The van der Waals surface area contributed by atoms with Gasteiger partial charge in [0.05, 0.1) is 23.7 Å². The first-order valence-electron chi connectivity index (χ1n) is 6.90. The van der Waals surface area contributed by atoms with Crippen LogP contribution in [0.1, 0.15) is 48.2 Å². The number of carbonyl (C=O) groups excluding carboxylic acids is 2. The van der Waals surface area contributed by atoms with Gasteiger partial charge in [-0.1, -0.05) is 24.7 Å². The van der Waals surface area contributed by atoms with Gasteiger partial charge in [0, 0.05) is 0 Å². The van der Waals surface area contributed by atoms with E-state index >= 15 is 0 Å². The van der Waals surface area contributed by atoms with E-state index in [4.69, 9.17) is 4.74 Å². The van der Waals surface area contributed by atoms with E-state index in [0.717, 1.165) is 19.1 Å². The van der Waals surface area contributed by atoms with Crippen molar-refractivity contribution in [2.24, 2.45) is 0 Å². The third kappa shape index (κ3) is 3.88. The number of hydrogen-bond acceptors (Lipinski definition) is 7.